The molecule has 0 radical (unpaired) electrons. The molecule has 2 rings (SSSR count). The second-order valence-corrected chi connectivity index (χ2v) is 5.70. The summed E-state index contributed by atoms with van der Waals surface area (Å²) in [6, 6.07) is 5.01. The van der Waals surface area contributed by atoms with E-state index in [0.717, 1.165) is 19.3 Å². The Hall–Kier alpha value is -0.820. The van der Waals surface area contributed by atoms with Gasteiger partial charge in [-0.25, -0.2) is 4.39 Å². The molecule has 1 N–H and O–H groups in total. The fraction of sp³-hybridized carbons (Fsp3) is 0.500. The first-order valence-electron chi connectivity index (χ1n) is 6.33. The highest BCUT2D eigenvalue weighted by atomic mass is 35.5. The lowest BCUT2D eigenvalue weighted by molar-refractivity contribution is 0.417. The molecule has 1 saturated carbocycles. The standard InChI is InChI=1S/C14H15Cl2FN2/c1-8(19-12-4-2-3-9(12)7-18)13-10(15)5-6-11(17)14(13)16/h5-6,8-9,12,19H,2-4H2,1H3. The molecule has 3 unspecified atom stereocenters. The van der Waals surface area contributed by atoms with Gasteiger partial charge in [0.1, 0.15) is 5.82 Å². The summed E-state index contributed by atoms with van der Waals surface area (Å²) in [5.41, 5.74) is 0.562. The summed E-state index contributed by atoms with van der Waals surface area (Å²) in [6.45, 7) is 1.89. The van der Waals surface area contributed by atoms with Crippen LogP contribution in [0, 0.1) is 23.1 Å². The molecule has 1 fully saturated rings. The van der Waals surface area contributed by atoms with Gasteiger partial charge in [0.05, 0.1) is 17.0 Å². The molecule has 1 aliphatic rings. The number of hydrogen-bond acceptors (Lipinski definition) is 2. The van der Waals surface area contributed by atoms with E-state index in [1.165, 1.54) is 12.1 Å². The SMILES string of the molecule is CC(NC1CCCC1C#N)c1c(Cl)ccc(F)c1Cl. The molecule has 0 spiro atoms. The highest BCUT2D eigenvalue weighted by Gasteiger charge is 2.29. The van der Waals surface area contributed by atoms with Gasteiger partial charge >= 0.3 is 0 Å². The Morgan fingerprint density at radius 1 is 1.42 bits per heavy atom. The zero-order valence-electron chi connectivity index (χ0n) is 10.6. The molecule has 0 aliphatic heterocycles. The molecule has 1 aromatic rings. The quantitative estimate of drug-likeness (QED) is 0.836. The number of hydrogen-bond donors (Lipinski definition) is 1. The van der Waals surface area contributed by atoms with Crippen LogP contribution >= 0.6 is 23.2 Å². The van der Waals surface area contributed by atoms with Gasteiger partial charge in [-0.15, -0.1) is 0 Å². The molecule has 5 heteroatoms. The first-order chi connectivity index (χ1) is 9.04. The van der Waals surface area contributed by atoms with Gasteiger partial charge in [-0.2, -0.15) is 5.26 Å². The van der Waals surface area contributed by atoms with Gasteiger partial charge in [0.2, 0.25) is 0 Å². The number of benzene rings is 1. The number of halogens is 3. The first-order valence-corrected chi connectivity index (χ1v) is 7.09. The minimum Gasteiger partial charge on any atom is -0.306 e. The molecule has 1 aliphatic carbocycles. The average molecular weight is 301 g/mol. The second-order valence-electron chi connectivity index (χ2n) is 4.92. The topological polar surface area (TPSA) is 35.8 Å². The van der Waals surface area contributed by atoms with E-state index >= 15 is 0 Å². The van der Waals surface area contributed by atoms with Crippen molar-refractivity contribution in [3.8, 4) is 6.07 Å². The summed E-state index contributed by atoms with van der Waals surface area (Å²) in [5, 5.41) is 12.9. The summed E-state index contributed by atoms with van der Waals surface area (Å²) in [7, 11) is 0. The van der Waals surface area contributed by atoms with Gasteiger partial charge in [-0.1, -0.05) is 29.6 Å². The molecule has 1 aromatic carbocycles. The number of nitriles is 1. The van der Waals surface area contributed by atoms with Crippen molar-refractivity contribution in [2.24, 2.45) is 5.92 Å². The molecule has 0 aromatic heterocycles. The largest absolute Gasteiger partial charge is 0.306 e. The summed E-state index contributed by atoms with van der Waals surface area (Å²) in [5.74, 6) is -0.466. The van der Waals surface area contributed by atoms with Crippen LogP contribution in [0.3, 0.4) is 0 Å². The lowest BCUT2D eigenvalue weighted by atomic mass is 10.0. The lowest BCUT2D eigenvalue weighted by Crippen LogP contribution is -2.34. The van der Waals surface area contributed by atoms with Crippen LogP contribution in [0.25, 0.3) is 0 Å². The van der Waals surface area contributed by atoms with E-state index in [1.807, 2.05) is 6.92 Å². The molecule has 19 heavy (non-hydrogen) atoms. The van der Waals surface area contributed by atoms with Crippen LogP contribution < -0.4 is 5.32 Å². The summed E-state index contributed by atoms with van der Waals surface area (Å²) >= 11 is 12.1. The van der Waals surface area contributed by atoms with Gasteiger partial charge in [0, 0.05) is 22.7 Å². The van der Waals surface area contributed by atoms with Crippen molar-refractivity contribution in [1.82, 2.24) is 5.32 Å². The van der Waals surface area contributed by atoms with Gasteiger partial charge in [-0.3, -0.25) is 0 Å². The maximum absolute atomic E-state index is 13.5. The average Bonchev–Trinajstić information content (AvgIpc) is 2.81. The number of nitrogens with zero attached hydrogens (tertiary/aromatic N) is 1. The number of rotatable bonds is 3. The maximum Gasteiger partial charge on any atom is 0.142 e. The molecule has 3 atom stereocenters. The summed E-state index contributed by atoms with van der Waals surface area (Å²) in [4.78, 5) is 0. The molecular weight excluding hydrogens is 286 g/mol. The minimum atomic E-state index is -0.474. The van der Waals surface area contributed by atoms with E-state index in [2.05, 4.69) is 11.4 Å². The van der Waals surface area contributed by atoms with E-state index in [-0.39, 0.29) is 23.0 Å². The van der Waals surface area contributed by atoms with E-state index in [1.54, 1.807) is 0 Å². The van der Waals surface area contributed by atoms with Crippen LogP contribution in [-0.2, 0) is 0 Å². The van der Waals surface area contributed by atoms with Crippen LogP contribution in [-0.4, -0.2) is 6.04 Å². The van der Waals surface area contributed by atoms with Crippen LogP contribution in [0.2, 0.25) is 10.0 Å². The Bertz CT molecular complexity index is 513. The lowest BCUT2D eigenvalue weighted by Gasteiger charge is -2.23. The van der Waals surface area contributed by atoms with Gasteiger partial charge in [0.15, 0.2) is 0 Å². The molecule has 0 heterocycles. The Morgan fingerprint density at radius 3 is 2.84 bits per heavy atom. The Balaban J connectivity index is 2.19. The Kier molecular flexibility index (Phi) is 4.67. The number of nitrogens with one attached hydrogen (secondary N) is 1. The van der Waals surface area contributed by atoms with Crippen molar-refractivity contribution in [1.29, 1.82) is 5.26 Å². The molecule has 2 nitrogen and oxygen atoms in total. The van der Waals surface area contributed by atoms with Crippen molar-refractivity contribution in [3.63, 3.8) is 0 Å². The van der Waals surface area contributed by atoms with Crippen LogP contribution in [0.1, 0.15) is 37.8 Å². The van der Waals surface area contributed by atoms with Crippen molar-refractivity contribution in [3.05, 3.63) is 33.6 Å². The monoisotopic (exact) mass is 300 g/mol. The third-order valence-corrected chi connectivity index (χ3v) is 4.37. The predicted octanol–water partition coefficient (Wildman–Crippen LogP) is 4.48. The van der Waals surface area contributed by atoms with Gasteiger partial charge < -0.3 is 5.32 Å². The van der Waals surface area contributed by atoms with Crippen LogP contribution in [0.4, 0.5) is 4.39 Å². The van der Waals surface area contributed by atoms with Gasteiger partial charge in [0.25, 0.3) is 0 Å². The van der Waals surface area contributed by atoms with E-state index in [0.29, 0.717) is 10.6 Å². The normalized spacial score (nSPS) is 24.2. The third-order valence-electron chi connectivity index (χ3n) is 3.66. The van der Waals surface area contributed by atoms with Gasteiger partial charge in [-0.05, 0) is 31.9 Å². The van der Waals surface area contributed by atoms with Crippen LogP contribution in [0.15, 0.2) is 12.1 Å². The van der Waals surface area contributed by atoms with Crippen molar-refractivity contribution < 1.29 is 4.39 Å². The molecular formula is C14H15Cl2FN2. The predicted molar refractivity (Wildman–Crippen MR) is 74.7 cm³/mol. The fourth-order valence-electron chi connectivity index (χ4n) is 2.66. The summed E-state index contributed by atoms with van der Waals surface area (Å²) in [6.07, 6.45) is 2.89. The molecule has 0 saturated heterocycles. The molecule has 0 amide bonds. The molecule has 102 valence electrons. The molecule has 0 bridgehead atoms. The highest BCUT2D eigenvalue weighted by Crippen LogP contribution is 2.34. The fourth-order valence-corrected chi connectivity index (χ4v) is 3.36. The second kappa shape index (κ2) is 6.09. The smallest absolute Gasteiger partial charge is 0.142 e. The highest BCUT2D eigenvalue weighted by molar-refractivity contribution is 6.36. The van der Waals surface area contributed by atoms with Crippen molar-refractivity contribution >= 4 is 23.2 Å². The Labute approximate surface area is 122 Å². The maximum atomic E-state index is 13.5. The van der Waals surface area contributed by atoms with E-state index in [4.69, 9.17) is 28.5 Å². The first kappa shape index (κ1) is 14.6. The van der Waals surface area contributed by atoms with Crippen molar-refractivity contribution in [2.75, 3.05) is 0 Å². The zero-order valence-corrected chi connectivity index (χ0v) is 12.1. The zero-order chi connectivity index (χ0) is 14.0. The van der Waals surface area contributed by atoms with E-state index < -0.39 is 5.82 Å². The summed E-state index contributed by atoms with van der Waals surface area (Å²) < 4.78 is 13.5. The van der Waals surface area contributed by atoms with Crippen LogP contribution in [0.5, 0.6) is 0 Å². The third kappa shape index (κ3) is 3.02. The Morgan fingerprint density at radius 2 is 2.16 bits per heavy atom. The minimum absolute atomic E-state index is 0.00793. The van der Waals surface area contributed by atoms with Crippen molar-refractivity contribution in [2.45, 2.75) is 38.3 Å². The van der Waals surface area contributed by atoms with E-state index in [9.17, 15) is 4.39 Å².